The zero-order chi connectivity index (χ0) is 12.4. The summed E-state index contributed by atoms with van der Waals surface area (Å²) in [4.78, 5) is 13.0. The number of hydrogen-bond donors (Lipinski definition) is 2. The lowest BCUT2D eigenvalue weighted by Crippen LogP contribution is -2.22. The van der Waals surface area contributed by atoms with Gasteiger partial charge >= 0.3 is 5.97 Å². The van der Waals surface area contributed by atoms with E-state index in [-0.39, 0.29) is 10.8 Å². The van der Waals surface area contributed by atoms with Crippen LogP contribution in [0.1, 0.15) is 6.42 Å². The summed E-state index contributed by atoms with van der Waals surface area (Å²) in [5, 5.41) is 8.89. The standard InChI is InChI=1S/C11H13NO4S/c13-11(14)8-5-6-12(7-8)9-1-3-10(4-2-9)17(15)16/h1-4,8,17H,5-7H2,(H,13,14). The van der Waals surface area contributed by atoms with Crippen LogP contribution in [0.25, 0.3) is 0 Å². The topological polar surface area (TPSA) is 74.7 Å². The molecule has 1 aromatic carbocycles. The van der Waals surface area contributed by atoms with Gasteiger partial charge in [-0.05, 0) is 30.7 Å². The minimum atomic E-state index is -2.55. The Balaban J connectivity index is 2.11. The van der Waals surface area contributed by atoms with Crippen molar-refractivity contribution in [3.63, 3.8) is 0 Å². The molecule has 1 heterocycles. The number of rotatable bonds is 3. The number of hydrogen-bond acceptors (Lipinski definition) is 4. The number of carboxylic acids is 1. The Hall–Kier alpha value is -1.56. The Kier molecular flexibility index (Phi) is 3.33. The normalized spacial score (nSPS) is 19.8. The monoisotopic (exact) mass is 255 g/mol. The molecule has 0 bridgehead atoms. The molecule has 1 aliphatic rings. The highest BCUT2D eigenvalue weighted by Crippen LogP contribution is 2.24. The van der Waals surface area contributed by atoms with Gasteiger partial charge in [-0.3, -0.25) is 4.79 Å². The summed E-state index contributed by atoms with van der Waals surface area (Å²) in [5.41, 5.74) is 0.870. The molecule has 92 valence electrons. The van der Waals surface area contributed by atoms with Gasteiger partial charge < -0.3 is 10.0 Å². The van der Waals surface area contributed by atoms with Crippen molar-refractivity contribution in [2.24, 2.45) is 5.92 Å². The van der Waals surface area contributed by atoms with Crippen LogP contribution >= 0.6 is 0 Å². The lowest BCUT2D eigenvalue weighted by atomic mass is 10.1. The van der Waals surface area contributed by atoms with E-state index in [2.05, 4.69) is 0 Å². The molecule has 1 saturated heterocycles. The van der Waals surface area contributed by atoms with E-state index >= 15 is 0 Å². The Morgan fingerprint density at radius 2 is 1.94 bits per heavy atom. The van der Waals surface area contributed by atoms with Crippen molar-refractivity contribution in [1.82, 2.24) is 0 Å². The number of aliphatic carboxylic acids is 1. The molecule has 0 aliphatic carbocycles. The van der Waals surface area contributed by atoms with Crippen molar-refractivity contribution in [3.05, 3.63) is 24.3 Å². The molecule has 1 N–H and O–H groups in total. The van der Waals surface area contributed by atoms with Crippen molar-refractivity contribution >= 4 is 22.4 Å². The number of carboxylic acid groups (broad SMARTS) is 1. The third-order valence-corrected chi connectivity index (χ3v) is 3.68. The average molecular weight is 255 g/mol. The van der Waals surface area contributed by atoms with E-state index < -0.39 is 16.7 Å². The van der Waals surface area contributed by atoms with E-state index in [0.29, 0.717) is 19.5 Å². The van der Waals surface area contributed by atoms with Gasteiger partial charge in [-0.2, -0.15) is 0 Å². The highest BCUT2D eigenvalue weighted by Gasteiger charge is 2.27. The molecule has 1 aliphatic heterocycles. The van der Waals surface area contributed by atoms with Crippen LogP contribution in [0.4, 0.5) is 5.69 Å². The van der Waals surface area contributed by atoms with Crippen LogP contribution in [0, 0.1) is 5.92 Å². The van der Waals surface area contributed by atoms with Crippen molar-refractivity contribution in [1.29, 1.82) is 0 Å². The molecule has 0 spiro atoms. The van der Waals surface area contributed by atoms with E-state index in [1.165, 1.54) is 12.1 Å². The lowest BCUT2D eigenvalue weighted by Gasteiger charge is -2.17. The van der Waals surface area contributed by atoms with Gasteiger partial charge in [-0.1, -0.05) is 0 Å². The molecule has 6 heteroatoms. The van der Waals surface area contributed by atoms with Crippen LogP contribution in [0.5, 0.6) is 0 Å². The van der Waals surface area contributed by atoms with Crippen molar-refractivity contribution < 1.29 is 18.3 Å². The Morgan fingerprint density at radius 1 is 1.29 bits per heavy atom. The summed E-state index contributed by atoms with van der Waals surface area (Å²) >= 11 is 0. The molecule has 1 aromatic rings. The fourth-order valence-electron chi connectivity index (χ4n) is 1.98. The van der Waals surface area contributed by atoms with Crippen LogP contribution < -0.4 is 4.90 Å². The molecule has 1 unspecified atom stereocenters. The van der Waals surface area contributed by atoms with E-state index in [9.17, 15) is 13.2 Å². The Labute approximate surface area is 101 Å². The Bertz CT molecular complexity index is 487. The van der Waals surface area contributed by atoms with Gasteiger partial charge in [0.05, 0.1) is 10.8 Å². The first-order chi connectivity index (χ1) is 8.08. The molecule has 1 atom stereocenters. The second-order valence-corrected chi connectivity index (χ2v) is 5.07. The van der Waals surface area contributed by atoms with Crippen LogP contribution in [-0.2, 0) is 15.5 Å². The van der Waals surface area contributed by atoms with Gasteiger partial charge in [0.2, 0.25) is 0 Å². The van der Waals surface area contributed by atoms with Gasteiger partial charge in [0.1, 0.15) is 0 Å². The van der Waals surface area contributed by atoms with Crippen LogP contribution in [0.2, 0.25) is 0 Å². The third kappa shape index (κ3) is 2.58. The fourth-order valence-corrected chi connectivity index (χ4v) is 2.37. The Morgan fingerprint density at radius 3 is 2.41 bits per heavy atom. The molecule has 0 amide bonds. The molecule has 2 rings (SSSR count). The summed E-state index contributed by atoms with van der Waals surface area (Å²) < 4.78 is 21.4. The maximum absolute atomic E-state index is 10.8. The van der Waals surface area contributed by atoms with Gasteiger partial charge in [0.15, 0.2) is 10.7 Å². The molecule has 0 saturated carbocycles. The molecule has 17 heavy (non-hydrogen) atoms. The van der Waals surface area contributed by atoms with Gasteiger partial charge in [-0.25, -0.2) is 8.42 Å². The SMILES string of the molecule is O=C(O)C1CCN(c2ccc([SH](=O)=O)cc2)C1. The summed E-state index contributed by atoms with van der Waals surface area (Å²) in [6.45, 7) is 1.18. The molecular formula is C11H13NO4S. The molecule has 1 fully saturated rings. The molecular weight excluding hydrogens is 242 g/mol. The summed E-state index contributed by atoms with van der Waals surface area (Å²) in [5.74, 6) is -1.10. The summed E-state index contributed by atoms with van der Waals surface area (Å²) in [6.07, 6.45) is 0.632. The van der Waals surface area contributed by atoms with E-state index in [4.69, 9.17) is 5.11 Å². The predicted octanol–water partition coefficient (Wildman–Crippen LogP) is 0.568. The number of carbonyl (C=O) groups is 1. The largest absolute Gasteiger partial charge is 0.481 e. The smallest absolute Gasteiger partial charge is 0.308 e. The number of benzene rings is 1. The van der Waals surface area contributed by atoms with Crippen molar-refractivity contribution in [2.45, 2.75) is 11.3 Å². The first kappa shape index (κ1) is 11.9. The summed E-state index contributed by atoms with van der Waals surface area (Å²) in [6, 6.07) is 6.50. The number of anilines is 1. The van der Waals surface area contributed by atoms with E-state index in [0.717, 1.165) is 5.69 Å². The van der Waals surface area contributed by atoms with Crippen LogP contribution in [0.15, 0.2) is 29.2 Å². The maximum Gasteiger partial charge on any atom is 0.308 e. The van der Waals surface area contributed by atoms with E-state index in [1.54, 1.807) is 12.1 Å². The van der Waals surface area contributed by atoms with Gasteiger partial charge in [-0.15, -0.1) is 0 Å². The van der Waals surface area contributed by atoms with Crippen molar-refractivity contribution in [3.8, 4) is 0 Å². The van der Waals surface area contributed by atoms with Gasteiger partial charge in [0, 0.05) is 18.8 Å². The highest BCUT2D eigenvalue weighted by atomic mass is 32.2. The minimum Gasteiger partial charge on any atom is -0.481 e. The van der Waals surface area contributed by atoms with E-state index in [1.807, 2.05) is 4.90 Å². The summed E-state index contributed by atoms with van der Waals surface area (Å²) in [7, 11) is -2.55. The quantitative estimate of drug-likeness (QED) is 0.772. The molecule has 0 aromatic heterocycles. The zero-order valence-corrected chi connectivity index (χ0v) is 9.97. The predicted molar refractivity (Wildman–Crippen MR) is 63.0 cm³/mol. The second-order valence-electron chi connectivity index (χ2n) is 4.04. The van der Waals surface area contributed by atoms with Gasteiger partial charge in [0.25, 0.3) is 0 Å². The fraction of sp³-hybridized carbons (Fsp3) is 0.364. The zero-order valence-electron chi connectivity index (χ0n) is 9.07. The first-order valence-corrected chi connectivity index (χ1v) is 6.48. The third-order valence-electron chi connectivity index (χ3n) is 2.96. The van der Waals surface area contributed by atoms with Crippen LogP contribution in [-0.4, -0.2) is 32.6 Å². The van der Waals surface area contributed by atoms with Crippen LogP contribution in [0.3, 0.4) is 0 Å². The first-order valence-electron chi connectivity index (χ1n) is 5.30. The van der Waals surface area contributed by atoms with Crippen molar-refractivity contribution in [2.75, 3.05) is 18.0 Å². The minimum absolute atomic E-state index is 0.276. The molecule has 0 radical (unpaired) electrons. The maximum atomic E-state index is 10.8. The lowest BCUT2D eigenvalue weighted by molar-refractivity contribution is -0.140. The number of thiol groups is 1. The second kappa shape index (κ2) is 4.75. The number of nitrogens with zero attached hydrogens (tertiary/aromatic N) is 1. The average Bonchev–Trinajstić information content (AvgIpc) is 2.78. The highest BCUT2D eigenvalue weighted by molar-refractivity contribution is 7.72. The molecule has 5 nitrogen and oxygen atoms in total.